The van der Waals surface area contributed by atoms with Gasteiger partial charge in [0.25, 0.3) is 5.56 Å². The molecule has 1 N–H and O–H groups in total. The van der Waals surface area contributed by atoms with E-state index in [2.05, 4.69) is 24.1 Å². The number of carbonyl (C=O) groups excluding carboxylic acids is 1. The van der Waals surface area contributed by atoms with Crippen LogP contribution in [0.15, 0.2) is 41.5 Å². The fourth-order valence-corrected chi connectivity index (χ4v) is 3.60. The second-order valence-electron chi connectivity index (χ2n) is 7.81. The van der Waals surface area contributed by atoms with Gasteiger partial charge in [0.2, 0.25) is 5.91 Å². The van der Waals surface area contributed by atoms with Crippen LogP contribution in [0.2, 0.25) is 0 Å². The van der Waals surface area contributed by atoms with E-state index in [0.29, 0.717) is 47.7 Å². The van der Waals surface area contributed by atoms with Crippen LogP contribution < -0.4 is 20.3 Å². The molecule has 1 aromatic heterocycles. The Hall–Kier alpha value is -3.35. The topological polar surface area (TPSA) is 82.5 Å². The molecule has 1 amide bonds. The lowest BCUT2D eigenvalue weighted by Crippen LogP contribution is -2.22. The summed E-state index contributed by atoms with van der Waals surface area (Å²) in [5.41, 5.74) is 3.41. The maximum Gasteiger partial charge on any atom is 0.261 e. The van der Waals surface area contributed by atoms with Crippen LogP contribution in [0.3, 0.4) is 0 Å². The molecule has 0 aliphatic heterocycles. The molecular formula is C24H29N3O4. The molecule has 7 heteroatoms. The predicted octanol–water partition coefficient (Wildman–Crippen LogP) is 4.26. The van der Waals surface area contributed by atoms with Gasteiger partial charge < -0.3 is 14.8 Å². The van der Waals surface area contributed by atoms with Gasteiger partial charge in [-0.3, -0.25) is 14.2 Å². The molecule has 2 aromatic carbocycles. The molecule has 164 valence electrons. The number of rotatable bonds is 8. The van der Waals surface area contributed by atoms with Gasteiger partial charge in [-0.25, -0.2) is 4.98 Å². The maximum atomic E-state index is 12.9. The summed E-state index contributed by atoms with van der Waals surface area (Å²) in [4.78, 5) is 29.8. The number of ether oxygens (including phenoxy) is 2. The van der Waals surface area contributed by atoms with Crippen molar-refractivity contribution in [1.29, 1.82) is 0 Å². The molecule has 1 heterocycles. The third-order valence-electron chi connectivity index (χ3n) is 5.32. The van der Waals surface area contributed by atoms with E-state index in [1.165, 1.54) is 25.1 Å². The van der Waals surface area contributed by atoms with Crippen molar-refractivity contribution in [2.45, 2.75) is 46.1 Å². The van der Waals surface area contributed by atoms with Crippen molar-refractivity contribution in [3.05, 3.63) is 58.1 Å². The van der Waals surface area contributed by atoms with Crippen molar-refractivity contribution in [2.75, 3.05) is 19.5 Å². The smallest absolute Gasteiger partial charge is 0.261 e. The van der Waals surface area contributed by atoms with Gasteiger partial charge in [0.15, 0.2) is 11.5 Å². The zero-order chi connectivity index (χ0) is 22.5. The zero-order valence-electron chi connectivity index (χ0n) is 18.7. The van der Waals surface area contributed by atoms with E-state index in [1.807, 2.05) is 25.1 Å². The number of aryl methyl sites for hydroxylation is 2. The number of hydrogen-bond acceptors (Lipinski definition) is 5. The molecule has 0 saturated heterocycles. The van der Waals surface area contributed by atoms with E-state index in [4.69, 9.17) is 9.47 Å². The normalized spacial score (nSPS) is 11.0. The molecule has 7 nitrogen and oxygen atoms in total. The van der Waals surface area contributed by atoms with Crippen LogP contribution in [0.4, 0.5) is 5.69 Å². The summed E-state index contributed by atoms with van der Waals surface area (Å²) < 4.78 is 12.1. The zero-order valence-corrected chi connectivity index (χ0v) is 18.7. The number of nitrogens with one attached hydrogen (secondary N) is 1. The number of amides is 1. The maximum absolute atomic E-state index is 12.9. The number of benzene rings is 2. The molecule has 0 unspecified atom stereocenters. The Morgan fingerprint density at radius 2 is 1.87 bits per heavy atom. The lowest BCUT2D eigenvalue weighted by molar-refractivity contribution is -0.116. The number of aromatic nitrogens is 2. The Bertz CT molecular complexity index is 1150. The minimum absolute atomic E-state index is 0.0654. The van der Waals surface area contributed by atoms with Gasteiger partial charge in [-0.2, -0.15) is 0 Å². The van der Waals surface area contributed by atoms with Crippen molar-refractivity contribution in [2.24, 2.45) is 0 Å². The van der Waals surface area contributed by atoms with Crippen molar-refractivity contribution in [1.82, 2.24) is 9.55 Å². The molecule has 0 aliphatic rings. The van der Waals surface area contributed by atoms with Gasteiger partial charge in [0.05, 0.1) is 31.4 Å². The molecule has 0 bridgehead atoms. The molecule has 31 heavy (non-hydrogen) atoms. The van der Waals surface area contributed by atoms with Gasteiger partial charge in [-0.05, 0) is 36.5 Å². The van der Waals surface area contributed by atoms with E-state index < -0.39 is 0 Å². The Morgan fingerprint density at radius 1 is 1.16 bits per heavy atom. The number of methoxy groups -OCH3 is 2. The summed E-state index contributed by atoms with van der Waals surface area (Å²) in [5, 5.41) is 3.50. The minimum atomic E-state index is -0.174. The Kier molecular flexibility index (Phi) is 6.95. The Labute approximate surface area is 182 Å². The first-order valence-electron chi connectivity index (χ1n) is 10.4. The molecule has 0 aliphatic carbocycles. The molecule has 0 atom stereocenters. The number of carbonyl (C=O) groups is 1. The summed E-state index contributed by atoms with van der Waals surface area (Å²) in [5.74, 6) is 1.25. The van der Waals surface area contributed by atoms with Gasteiger partial charge in [-0.15, -0.1) is 0 Å². The predicted molar refractivity (Wildman–Crippen MR) is 122 cm³/mol. The summed E-state index contributed by atoms with van der Waals surface area (Å²) in [7, 11) is 3.06. The standard InChI is InChI=1S/C24H29N3O4/c1-15(2)17-9-6-8-16(3)23(17)26-22(28)10-7-11-27-14-25-19-13-21(31-5)20(30-4)12-18(19)24(27)29/h6,8-9,12-15H,7,10-11H2,1-5H3,(H,26,28). The van der Waals surface area contributed by atoms with Crippen LogP contribution in [0.25, 0.3) is 10.9 Å². The fourth-order valence-electron chi connectivity index (χ4n) is 3.60. The molecule has 3 rings (SSSR count). The summed E-state index contributed by atoms with van der Waals surface area (Å²) in [6, 6.07) is 9.35. The highest BCUT2D eigenvalue weighted by Gasteiger charge is 2.13. The van der Waals surface area contributed by atoms with Crippen molar-refractivity contribution in [3.8, 4) is 11.5 Å². The SMILES string of the molecule is COc1cc2ncn(CCCC(=O)Nc3c(C)cccc3C(C)C)c(=O)c2cc1OC. The number of para-hydroxylation sites is 1. The molecule has 3 aromatic rings. The fraction of sp³-hybridized carbons (Fsp3) is 0.375. The van der Waals surface area contributed by atoms with E-state index in [-0.39, 0.29) is 11.5 Å². The highest BCUT2D eigenvalue weighted by Crippen LogP contribution is 2.30. The molecular weight excluding hydrogens is 394 g/mol. The second-order valence-corrected chi connectivity index (χ2v) is 7.81. The van der Waals surface area contributed by atoms with Crippen LogP contribution in [-0.4, -0.2) is 29.7 Å². The first kappa shape index (κ1) is 22.3. The molecule has 0 radical (unpaired) electrons. The van der Waals surface area contributed by atoms with Gasteiger partial charge in [0.1, 0.15) is 0 Å². The summed E-state index contributed by atoms with van der Waals surface area (Å²) in [6.45, 7) is 6.60. The monoisotopic (exact) mass is 423 g/mol. The Morgan fingerprint density at radius 3 is 2.55 bits per heavy atom. The number of hydrogen-bond donors (Lipinski definition) is 1. The van der Waals surface area contributed by atoms with Gasteiger partial charge >= 0.3 is 0 Å². The van der Waals surface area contributed by atoms with Crippen LogP contribution in [-0.2, 0) is 11.3 Å². The third kappa shape index (κ3) is 4.87. The van der Waals surface area contributed by atoms with Crippen LogP contribution in [0.1, 0.15) is 43.7 Å². The Balaban J connectivity index is 1.70. The van der Waals surface area contributed by atoms with Crippen LogP contribution in [0.5, 0.6) is 11.5 Å². The molecule has 0 spiro atoms. The van der Waals surface area contributed by atoms with Crippen molar-refractivity contribution in [3.63, 3.8) is 0 Å². The lowest BCUT2D eigenvalue weighted by Gasteiger charge is -2.16. The highest BCUT2D eigenvalue weighted by atomic mass is 16.5. The average molecular weight is 424 g/mol. The minimum Gasteiger partial charge on any atom is -0.493 e. The number of fused-ring (bicyclic) bond motifs is 1. The average Bonchev–Trinajstić information content (AvgIpc) is 2.75. The van der Waals surface area contributed by atoms with E-state index in [1.54, 1.807) is 12.1 Å². The van der Waals surface area contributed by atoms with Crippen LogP contribution >= 0.6 is 0 Å². The van der Waals surface area contributed by atoms with Crippen molar-refractivity contribution >= 4 is 22.5 Å². The number of anilines is 1. The molecule has 0 fully saturated rings. The first-order valence-corrected chi connectivity index (χ1v) is 10.4. The molecule has 0 saturated carbocycles. The summed E-state index contributed by atoms with van der Waals surface area (Å²) >= 11 is 0. The lowest BCUT2D eigenvalue weighted by atomic mass is 9.98. The quantitative estimate of drug-likeness (QED) is 0.585. The van der Waals surface area contributed by atoms with Gasteiger partial charge in [0, 0.05) is 24.7 Å². The van der Waals surface area contributed by atoms with E-state index >= 15 is 0 Å². The van der Waals surface area contributed by atoms with Gasteiger partial charge in [-0.1, -0.05) is 32.0 Å². The highest BCUT2D eigenvalue weighted by molar-refractivity contribution is 5.92. The second kappa shape index (κ2) is 9.64. The van der Waals surface area contributed by atoms with E-state index in [0.717, 1.165) is 16.8 Å². The van der Waals surface area contributed by atoms with Crippen LogP contribution in [0, 0.1) is 6.92 Å². The third-order valence-corrected chi connectivity index (χ3v) is 5.32. The first-order chi connectivity index (χ1) is 14.8. The summed E-state index contributed by atoms with van der Waals surface area (Å²) in [6.07, 6.45) is 2.34. The largest absolute Gasteiger partial charge is 0.493 e. The van der Waals surface area contributed by atoms with Crippen molar-refractivity contribution < 1.29 is 14.3 Å². The number of nitrogens with zero attached hydrogens (tertiary/aromatic N) is 2. The van der Waals surface area contributed by atoms with E-state index in [9.17, 15) is 9.59 Å².